The van der Waals surface area contributed by atoms with E-state index >= 15 is 0 Å². The molecule has 0 unspecified atom stereocenters. The molecule has 0 fully saturated rings. The van der Waals surface area contributed by atoms with E-state index in [4.69, 9.17) is 0 Å². The first-order chi connectivity index (χ1) is 11.9. The molecule has 0 aliphatic carbocycles. The summed E-state index contributed by atoms with van der Waals surface area (Å²) in [5.41, 5.74) is 0.238. The van der Waals surface area contributed by atoms with Gasteiger partial charge in [-0.1, -0.05) is 67.6 Å². The normalized spacial score (nSPS) is 12.0. The molecule has 1 amide bonds. The molecular weight excluding hydrogens is 314 g/mol. The van der Waals surface area contributed by atoms with Crippen LogP contribution < -0.4 is 0 Å². The van der Waals surface area contributed by atoms with E-state index in [0.717, 1.165) is 11.1 Å². The van der Waals surface area contributed by atoms with Crippen LogP contribution in [0.3, 0.4) is 0 Å². The van der Waals surface area contributed by atoms with E-state index < -0.39 is 10.8 Å². The summed E-state index contributed by atoms with van der Waals surface area (Å²) in [5, 5.41) is 19.1. The summed E-state index contributed by atoms with van der Waals surface area (Å²) in [5.74, 6) is -0.0713. The largest absolute Gasteiger partial charge is 0.396 e. The molecule has 0 saturated carbocycles. The zero-order valence-electron chi connectivity index (χ0n) is 15.1. The van der Waals surface area contributed by atoms with Crippen molar-refractivity contribution < 1.29 is 15.0 Å². The van der Waals surface area contributed by atoms with E-state index in [0.29, 0.717) is 0 Å². The SMILES string of the molecule is CN(CC(C)(CO)CO)C(=O)C(C)(c1ccccc1)c1ccccc1. The molecule has 0 saturated heterocycles. The molecule has 2 rings (SSSR count). The van der Waals surface area contributed by atoms with Crippen LogP contribution in [0.4, 0.5) is 0 Å². The summed E-state index contributed by atoms with van der Waals surface area (Å²) in [7, 11) is 1.72. The predicted molar refractivity (Wildman–Crippen MR) is 99.3 cm³/mol. The number of carbonyl (C=O) groups excluding carboxylic acids is 1. The van der Waals surface area contributed by atoms with Crippen molar-refractivity contribution >= 4 is 5.91 Å². The zero-order valence-corrected chi connectivity index (χ0v) is 15.1. The number of aliphatic hydroxyl groups is 2. The smallest absolute Gasteiger partial charge is 0.237 e. The lowest BCUT2D eigenvalue weighted by Gasteiger charge is -2.37. The quantitative estimate of drug-likeness (QED) is 0.813. The van der Waals surface area contributed by atoms with Crippen molar-refractivity contribution in [3.63, 3.8) is 0 Å². The summed E-state index contributed by atoms with van der Waals surface area (Å²) in [6.45, 7) is 3.59. The molecule has 0 bridgehead atoms. The summed E-state index contributed by atoms with van der Waals surface area (Å²) in [6.07, 6.45) is 0. The minimum atomic E-state index is -0.844. The van der Waals surface area contributed by atoms with Crippen LogP contribution >= 0.6 is 0 Å². The highest BCUT2D eigenvalue weighted by Crippen LogP contribution is 2.34. The number of carbonyl (C=O) groups is 1. The van der Waals surface area contributed by atoms with Crippen molar-refractivity contribution in [3.8, 4) is 0 Å². The van der Waals surface area contributed by atoms with Gasteiger partial charge in [0.25, 0.3) is 0 Å². The third kappa shape index (κ3) is 3.91. The molecule has 2 aromatic carbocycles. The molecule has 0 radical (unpaired) electrons. The molecule has 0 aromatic heterocycles. The Morgan fingerprint density at radius 2 is 1.28 bits per heavy atom. The lowest BCUT2D eigenvalue weighted by molar-refractivity contribution is -0.136. The van der Waals surface area contributed by atoms with E-state index in [2.05, 4.69) is 0 Å². The van der Waals surface area contributed by atoms with Crippen molar-refractivity contribution in [2.24, 2.45) is 5.41 Å². The molecular formula is C21H27NO3. The van der Waals surface area contributed by atoms with Crippen LogP contribution in [0.5, 0.6) is 0 Å². The first-order valence-electron chi connectivity index (χ1n) is 8.46. The average Bonchev–Trinajstić information content (AvgIpc) is 2.67. The monoisotopic (exact) mass is 341 g/mol. The topological polar surface area (TPSA) is 60.8 Å². The molecule has 0 atom stereocenters. The molecule has 0 aliphatic rings. The standard InChI is InChI=1S/C21H27NO3/c1-20(15-23,16-24)14-22(3)19(25)21(2,17-10-6-4-7-11-17)18-12-8-5-9-13-18/h4-13,23-24H,14-16H2,1-3H3. The van der Waals surface area contributed by atoms with Gasteiger partial charge in [-0.2, -0.15) is 0 Å². The maximum Gasteiger partial charge on any atom is 0.237 e. The molecule has 2 N–H and O–H groups in total. The molecule has 134 valence electrons. The summed E-state index contributed by atoms with van der Waals surface area (Å²) >= 11 is 0. The van der Waals surface area contributed by atoms with Crippen molar-refractivity contribution in [1.29, 1.82) is 0 Å². The fourth-order valence-corrected chi connectivity index (χ4v) is 3.13. The maximum atomic E-state index is 13.4. The van der Waals surface area contributed by atoms with Crippen molar-refractivity contribution in [1.82, 2.24) is 4.90 Å². The lowest BCUT2D eigenvalue weighted by atomic mass is 9.74. The van der Waals surface area contributed by atoms with Crippen LogP contribution in [0.2, 0.25) is 0 Å². The number of hydrogen-bond donors (Lipinski definition) is 2. The first kappa shape index (κ1) is 19.2. The Labute approximate surface area is 149 Å². The van der Waals surface area contributed by atoms with Gasteiger partial charge < -0.3 is 15.1 Å². The number of likely N-dealkylation sites (N-methyl/N-ethyl adjacent to an activating group) is 1. The highest BCUT2D eigenvalue weighted by atomic mass is 16.3. The van der Waals surface area contributed by atoms with Crippen molar-refractivity contribution in [2.75, 3.05) is 26.8 Å². The van der Waals surface area contributed by atoms with Gasteiger partial charge in [-0.25, -0.2) is 0 Å². The predicted octanol–water partition coefficient (Wildman–Crippen LogP) is 2.44. The highest BCUT2D eigenvalue weighted by Gasteiger charge is 2.40. The fraction of sp³-hybridized carbons (Fsp3) is 0.381. The van der Waals surface area contributed by atoms with E-state index in [9.17, 15) is 15.0 Å². The molecule has 0 heterocycles. The van der Waals surface area contributed by atoms with Crippen LogP contribution in [0.1, 0.15) is 25.0 Å². The van der Waals surface area contributed by atoms with Gasteiger partial charge >= 0.3 is 0 Å². The van der Waals surface area contributed by atoms with Crippen LogP contribution in [0.25, 0.3) is 0 Å². The summed E-state index contributed by atoms with van der Waals surface area (Å²) < 4.78 is 0. The zero-order chi connectivity index (χ0) is 18.5. The molecule has 0 aliphatic heterocycles. The third-order valence-electron chi connectivity index (χ3n) is 4.86. The highest BCUT2D eigenvalue weighted by molar-refractivity contribution is 5.91. The summed E-state index contributed by atoms with van der Waals surface area (Å²) in [6, 6.07) is 19.4. The van der Waals surface area contributed by atoms with Gasteiger partial charge in [0.15, 0.2) is 0 Å². The molecule has 0 spiro atoms. The van der Waals surface area contributed by atoms with Crippen molar-refractivity contribution in [3.05, 3.63) is 71.8 Å². The van der Waals surface area contributed by atoms with Crippen molar-refractivity contribution in [2.45, 2.75) is 19.3 Å². The second-order valence-electron chi connectivity index (χ2n) is 7.15. The number of amides is 1. The van der Waals surface area contributed by atoms with Gasteiger partial charge in [0.2, 0.25) is 5.91 Å². The third-order valence-corrected chi connectivity index (χ3v) is 4.86. The van der Waals surface area contributed by atoms with Crippen LogP contribution in [0.15, 0.2) is 60.7 Å². The number of aliphatic hydroxyl groups excluding tert-OH is 2. The van der Waals surface area contributed by atoms with Gasteiger partial charge in [0, 0.05) is 19.0 Å². The van der Waals surface area contributed by atoms with E-state index in [1.165, 1.54) is 0 Å². The Balaban J connectivity index is 2.45. The minimum absolute atomic E-state index is 0.0713. The average molecular weight is 341 g/mol. The fourth-order valence-electron chi connectivity index (χ4n) is 3.13. The Morgan fingerprint density at radius 1 is 0.880 bits per heavy atom. The number of nitrogens with zero attached hydrogens (tertiary/aromatic N) is 1. The number of benzene rings is 2. The van der Waals surface area contributed by atoms with Crippen LogP contribution in [0, 0.1) is 5.41 Å². The van der Waals surface area contributed by atoms with Crippen LogP contribution in [-0.4, -0.2) is 47.8 Å². The van der Waals surface area contributed by atoms with Gasteiger partial charge in [0.1, 0.15) is 0 Å². The second-order valence-corrected chi connectivity index (χ2v) is 7.15. The minimum Gasteiger partial charge on any atom is -0.396 e. The Bertz CT molecular complexity index is 641. The Hall–Kier alpha value is -2.17. The van der Waals surface area contributed by atoms with E-state index in [1.807, 2.05) is 67.6 Å². The van der Waals surface area contributed by atoms with Crippen LogP contribution in [-0.2, 0) is 10.2 Å². The molecule has 4 heteroatoms. The van der Waals surface area contributed by atoms with Gasteiger partial charge in [-0.05, 0) is 18.1 Å². The molecule has 2 aromatic rings. The summed E-state index contributed by atoms with van der Waals surface area (Å²) in [4.78, 5) is 15.0. The van der Waals surface area contributed by atoms with E-state index in [-0.39, 0.29) is 25.7 Å². The van der Waals surface area contributed by atoms with Gasteiger partial charge in [-0.15, -0.1) is 0 Å². The lowest BCUT2D eigenvalue weighted by Crippen LogP contribution is -2.49. The maximum absolute atomic E-state index is 13.4. The Kier molecular flexibility index (Phi) is 5.98. The first-order valence-corrected chi connectivity index (χ1v) is 8.46. The van der Waals surface area contributed by atoms with E-state index in [1.54, 1.807) is 18.9 Å². The van der Waals surface area contributed by atoms with Gasteiger partial charge in [0.05, 0.1) is 18.6 Å². The van der Waals surface area contributed by atoms with Gasteiger partial charge in [-0.3, -0.25) is 4.79 Å². The Morgan fingerprint density at radius 3 is 1.64 bits per heavy atom. The molecule has 25 heavy (non-hydrogen) atoms. The molecule has 4 nitrogen and oxygen atoms in total. The number of rotatable bonds is 7. The number of hydrogen-bond acceptors (Lipinski definition) is 3. The second kappa shape index (κ2) is 7.81.